The van der Waals surface area contributed by atoms with Gasteiger partial charge in [0.05, 0.1) is 23.4 Å². The van der Waals surface area contributed by atoms with Crippen molar-refractivity contribution in [2.45, 2.75) is 32.7 Å². The molecule has 0 radical (unpaired) electrons. The van der Waals surface area contributed by atoms with Gasteiger partial charge in [0.15, 0.2) is 0 Å². The lowest BCUT2D eigenvalue weighted by molar-refractivity contribution is -0.120. The fourth-order valence-electron chi connectivity index (χ4n) is 1.40. The molecule has 0 aliphatic carbocycles. The van der Waals surface area contributed by atoms with Crippen LogP contribution in [0.1, 0.15) is 37.6 Å². The van der Waals surface area contributed by atoms with Crippen molar-refractivity contribution in [3.8, 4) is 0 Å². The number of anilines is 1. The SMILES string of the molecule is CCOC(=O)c1ccccc1NC(=O)C(C)(N)CC. The summed E-state index contributed by atoms with van der Waals surface area (Å²) in [5, 5.41) is 2.68. The van der Waals surface area contributed by atoms with E-state index in [9.17, 15) is 9.59 Å². The molecule has 0 saturated carbocycles. The molecule has 1 atom stereocenters. The Kier molecular flexibility index (Phi) is 5.06. The van der Waals surface area contributed by atoms with E-state index in [1.54, 1.807) is 38.1 Å². The van der Waals surface area contributed by atoms with E-state index in [-0.39, 0.29) is 12.5 Å². The number of hydrogen-bond acceptors (Lipinski definition) is 4. The van der Waals surface area contributed by atoms with Gasteiger partial charge in [0, 0.05) is 0 Å². The van der Waals surface area contributed by atoms with Gasteiger partial charge in [0.25, 0.3) is 0 Å². The summed E-state index contributed by atoms with van der Waals surface area (Å²) in [6.07, 6.45) is 0.500. The predicted molar refractivity (Wildman–Crippen MR) is 73.9 cm³/mol. The fraction of sp³-hybridized carbons (Fsp3) is 0.429. The van der Waals surface area contributed by atoms with Gasteiger partial charge >= 0.3 is 5.97 Å². The van der Waals surface area contributed by atoms with E-state index in [4.69, 9.17) is 10.5 Å². The van der Waals surface area contributed by atoms with Gasteiger partial charge in [0.2, 0.25) is 5.91 Å². The third-order valence-corrected chi connectivity index (χ3v) is 2.92. The summed E-state index contributed by atoms with van der Waals surface area (Å²) in [4.78, 5) is 23.8. The van der Waals surface area contributed by atoms with Gasteiger partial charge in [-0.2, -0.15) is 0 Å². The average Bonchev–Trinajstić information content (AvgIpc) is 2.39. The molecule has 0 fully saturated rings. The molecule has 0 heterocycles. The molecular weight excluding hydrogens is 244 g/mol. The molecule has 1 aromatic rings. The van der Waals surface area contributed by atoms with Crippen molar-refractivity contribution in [1.29, 1.82) is 0 Å². The number of carbonyl (C=O) groups excluding carboxylic acids is 2. The van der Waals surface area contributed by atoms with Gasteiger partial charge in [-0.1, -0.05) is 19.1 Å². The lowest BCUT2D eigenvalue weighted by Crippen LogP contribution is -2.48. The Morgan fingerprint density at radius 2 is 1.95 bits per heavy atom. The number of esters is 1. The van der Waals surface area contributed by atoms with Gasteiger partial charge < -0.3 is 15.8 Å². The highest BCUT2D eigenvalue weighted by atomic mass is 16.5. The highest BCUT2D eigenvalue weighted by molar-refractivity contribution is 6.04. The Hall–Kier alpha value is -1.88. The minimum Gasteiger partial charge on any atom is -0.462 e. The first-order valence-corrected chi connectivity index (χ1v) is 6.28. The lowest BCUT2D eigenvalue weighted by Gasteiger charge is -2.22. The van der Waals surface area contributed by atoms with Crippen LogP contribution < -0.4 is 11.1 Å². The summed E-state index contributed by atoms with van der Waals surface area (Å²) in [7, 11) is 0. The van der Waals surface area contributed by atoms with Crippen molar-refractivity contribution in [2.24, 2.45) is 5.73 Å². The zero-order chi connectivity index (χ0) is 14.5. The number of nitrogens with two attached hydrogens (primary N) is 1. The Bertz CT molecular complexity index is 470. The molecule has 104 valence electrons. The van der Waals surface area contributed by atoms with E-state index in [0.717, 1.165) is 0 Å². The summed E-state index contributed by atoms with van der Waals surface area (Å²) < 4.78 is 4.94. The van der Waals surface area contributed by atoms with Crippen molar-refractivity contribution in [3.05, 3.63) is 29.8 Å². The molecule has 1 amide bonds. The number of benzene rings is 1. The van der Waals surface area contributed by atoms with Crippen LogP contribution >= 0.6 is 0 Å². The first kappa shape index (κ1) is 15.2. The molecule has 0 aromatic heterocycles. The van der Waals surface area contributed by atoms with E-state index < -0.39 is 11.5 Å². The third kappa shape index (κ3) is 3.79. The molecule has 5 nitrogen and oxygen atoms in total. The van der Waals surface area contributed by atoms with Crippen LogP contribution in [-0.2, 0) is 9.53 Å². The molecule has 3 N–H and O–H groups in total. The number of ether oxygens (including phenoxy) is 1. The first-order valence-electron chi connectivity index (χ1n) is 6.28. The normalized spacial score (nSPS) is 13.5. The number of para-hydroxylation sites is 1. The number of rotatable bonds is 5. The molecular formula is C14H20N2O3. The van der Waals surface area contributed by atoms with Crippen LogP contribution in [0.5, 0.6) is 0 Å². The molecule has 0 aliphatic heterocycles. The molecule has 1 aromatic carbocycles. The number of amides is 1. The lowest BCUT2D eigenvalue weighted by atomic mass is 9.99. The third-order valence-electron chi connectivity index (χ3n) is 2.92. The zero-order valence-corrected chi connectivity index (χ0v) is 11.5. The summed E-state index contributed by atoms with van der Waals surface area (Å²) in [6, 6.07) is 6.70. The second kappa shape index (κ2) is 6.33. The van der Waals surface area contributed by atoms with E-state index in [1.165, 1.54) is 0 Å². The van der Waals surface area contributed by atoms with Crippen LogP contribution in [0.4, 0.5) is 5.69 Å². The molecule has 0 bridgehead atoms. The summed E-state index contributed by atoms with van der Waals surface area (Å²) >= 11 is 0. The second-order valence-electron chi connectivity index (χ2n) is 4.49. The molecule has 1 unspecified atom stereocenters. The molecule has 0 aliphatic rings. The largest absolute Gasteiger partial charge is 0.462 e. The second-order valence-corrected chi connectivity index (χ2v) is 4.49. The van der Waals surface area contributed by atoms with Crippen LogP contribution in [0.15, 0.2) is 24.3 Å². The highest BCUT2D eigenvalue weighted by Crippen LogP contribution is 2.18. The maximum absolute atomic E-state index is 12.0. The van der Waals surface area contributed by atoms with Crippen molar-refractivity contribution < 1.29 is 14.3 Å². The van der Waals surface area contributed by atoms with E-state index in [1.807, 2.05) is 6.92 Å². The van der Waals surface area contributed by atoms with Gasteiger partial charge in [0.1, 0.15) is 0 Å². The summed E-state index contributed by atoms with van der Waals surface area (Å²) in [6.45, 7) is 5.49. The van der Waals surface area contributed by atoms with Crippen molar-refractivity contribution in [2.75, 3.05) is 11.9 Å². The smallest absolute Gasteiger partial charge is 0.340 e. The number of carbonyl (C=O) groups is 2. The van der Waals surface area contributed by atoms with E-state index >= 15 is 0 Å². The van der Waals surface area contributed by atoms with Crippen molar-refractivity contribution in [3.63, 3.8) is 0 Å². The van der Waals surface area contributed by atoms with Gasteiger partial charge in [-0.25, -0.2) is 4.79 Å². The molecule has 0 saturated heterocycles. The predicted octanol–water partition coefficient (Wildman–Crippen LogP) is 1.93. The van der Waals surface area contributed by atoms with Crippen LogP contribution in [0.2, 0.25) is 0 Å². The minimum absolute atomic E-state index is 0.282. The van der Waals surface area contributed by atoms with Gasteiger partial charge in [-0.05, 0) is 32.4 Å². The monoisotopic (exact) mass is 264 g/mol. The Balaban J connectivity index is 2.96. The molecule has 19 heavy (non-hydrogen) atoms. The zero-order valence-electron chi connectivity index (χ0n) is 11.5. The summed E-state index contributed by atoms with van der Waals surface area (Å²) in [5.41, 5.74) is 5.63. The highest BCUT2D eigenvalue weighted by Gasteiger charge is 2.27. The summed E-state index contributed by atoms with van der Waals surface area (Å²) in [5.74, 6) is -0.791. The Morgan fingerprint density at radius 1 is 1.32 bits per heavy atom. The van der Waals surface area contributed by atoms with Crippen LogP contribution in [0.3, 0.4) is 0 Å². The first-order chi connectivity index (χ1) is 8.92. The van der Waals surface area contributed by atoms with Crippen LogP contribution in [0.25, 0.3) is 0 Å². The fourth-order valence-corrected chi connectivity index (χ4v) is 1.40. The van der Waals surface area contributed by atoms with Gasteiger partial charge in [-0.15, -0.1) is 0 Å². The molecule has 5 heteroatoms. The Morgan fingerprint density at radius 3 is 2.53 bits per heavy atom. The van der Waals surface area contributed by atoms with Crippen molar-refractivity contribution >= 4 is 17.6 Å². The number of hydrogen-bond donors (Lipinski definition) is 2. The molecule has 0 spiro atoms. The van der Waals surface area contributed by atoms with E-state index in [2.05, 4.69) is 5.32 Å². The van der Waals surface area contributed by atoms with Crippen molar-refractivity contribution in [1.82, 2.24) is 0 Å². The maximum Gasteiger partial charge on any atom is 0.340 e. The number of nitrogens with one attached hydrogen (secondary N) is 1. The Labute approximate surface area is 113 Å². The van der Waals surface area contributed by atoms with Crippen LogP contribution in [-0.4, -0.2) is 24.0 Å². The standard InChI is InChI=1S/C14H20N2O3/c1-4-14(3,15)13(18)16-11-9-7-6-8-10(11)12(17)19-5-2/h6-9H,4-5,15H2,1-3H3,(H,16,18). The topological polar surface area (TPSA) is 81.4 Å². The van der Waals surface area contributed by atoms with Gasteiger partial charge in [-0.3, -0.25) is 4.79 Å². The molecule has 1 rings (SSSR count). The average molecular weight is 264 g/mol. The maximum atomic E-state index is 12.0. The van der Waals surface area contributed by atoms with Crippen LogP contribution in [0, 0.1) is 0 Å². The minimum atomic E-state index is -0.970. The quantitative estimate of drug-likeness (QED) is 0.796. The van der Waals surface area contributed by atoms with E-state index in [0.29, 0.717) is 17.7 Å².